The van der Waals surface area contributed by atoms with Crippen LogP contribution >= 0.6 is 0 Å². The average molecular weight is 240 g/mol. The van der Waals surface area contributed by atoms with Gasteiger partial charge in [-0.25, -0.2) is 0 Å². The van der Waals surface area contributed by atoms with Crippen molar-refractivity contribution in [3.05, 3.63) is 11.8 Å². The van der Waals surface area contributed by atoms with Crippen molar-refractivity contribution < 1.29 is 4.43 Å². The summed E-state index contributed by atoms with van der Waals surface area (Å²) < 4.78 is 6.17. The van der Waals surface area contributed by atoms with Gasteiger partial charge in [-0.3, -0.25) is 0 Å². The van der Waals surface area contributed by atoms with Gasteiger partial charge in [0.25, 0.3) is 0 Å². The van der Waals surface area contributed by atoms with Gasteiger partial charge < -0.3 is 4.43 Å². The summed E-state index contributed by atoms with van der Waals surface area (Å²) in [7, 11) is -1.40. The second kappa shape index (κ2) is 5.90. The van der Waals surface area contributed by atoms with Crippen LogP contribution in [0, 0.1) is 11.8 Å². The van der Waals surface area contributed by atoms with Crippen LogP contribution in [-0.4, -0.2) is 8.32 Å². The van der Waals surface area contributed by atoms with E-state index in [-0.39, 0.29) is 0 Å². The van der Waals surface area contributed by atoms with Gasteiger partial charge in [0.15, 0.2) is 0 Å². The van der Waals surface area contributed by atoms with Crippen molar-refractivity contribution in [1.29, 1.82) is 0 Å². The first-order valence-electron chi connectivity index (χ1n) is 6.76. The fraction of sp³-hybridized carbons (Fsp3) is 0.857. The molecular formula is C14H28OSi. The molecule has 0 radical (unpaired) electrons. The molecule has 0 N–H and O–H groups in total. The minimum atomic E-state index is -1.40. The summed E-state index contributed by atoms with van der Waals surface area (Å²) in [6.07, 6.45) is 8.96. The molecule has 0 aromatic carbocycles. The van der Waals surface area contributed by atoms with Crippen LogP contribution in [0.3, 0.4) is 0 Å². The minimum Gasteiger partial charge on any atom is -0.548 e. The molecule has 1 aliphatic rings. The van der Waals surface area contributed by atoms with Crippen LogP contribution in [0.1, 0.15) is 46.0 Å². The molecular weight excluding hydrogens is 212 g/mol. The van der Waals surface area contributed by atoms with Crippen molar-refractivity contribution in [2.45, 2.75) is 65.6 Å². The lowest BCUT2D eigenvalue weighted by molar-refractivity contribution is 0.391. The van der Waals surface area contributed by atoms with Crippen LogP contribution in [0.25, 0.3) is 0 Å². The molecule has 0 spiro atoms. The second-order valence-electron chi connectivity index (χ2n) is 6.48. The smallest absolute Gasteiger partial charge is 0.241 e. The molecule has 1 atom stereocenters. The Morgan fingerprint density at radius 3 is 2.56 bits per heavy atom. The van der Waals surface area contributed by atoms with Crippen molar-refractivity contribution in [3.8, 4) is 0 Å². The highest BCUT2D eigenvalue weighted by atomic mass is 28.4. The topological polar surface area (TPSA) is 9.23 Å². The van der Waals surface area contributed by atoms with Gasteiger partial charge in [0.2, 0.25) is 8.32 Å². The monoisotopic (exact) mass is 240 g/mol. The average Bonchev–Trinajstić information content (AvgIpc) is 2.26. The Morgan fingerprint density at radius 1 is 1.31 bits per heavy atom. The maximum Gasteiger partial charge on any atom is 0.241 e. The van der Waals surface area contributed by atoms with Gasteiger partial charge in [-0.1, -0.05) is 20.3 Å². The van der Waals surface area contributed by atoms with E-state index in [0.717, 1.165) is 11.8 Å². The summed E-state index contributed by atoms with van der Waals surface area (Å²) in [5.41, 5.74) is 0. The largest absolute Gasteiger partial charge is 0.548 e. The molecule has 0 saturated carbocycles. The third kappa shape index (κ3) is 5.74. The van der Waals surface area contributed by atoms with Crippen LogP contribution in [0.15, 0.2) is 11.8 Å². The van der Waals surface area contributed by atoms with Crippen LogP contribution < -0.4 is 0 Å². The Balaban J connectivity index is 2.61. The van der Waals surface area contributed by atoms with Gasteiger partial charge in [0.05, 0.1) is 5.76 Å². The Bertz CT molecular complexity index is 238. The molecule has 0 fully saturated rings. The van der Waals surface area contributed by atoms with Gasteiger partial charge >= 0.3 is 0 Å². The third-order valence-corrected chi connectivity index (χ3v) is 3.76. The minimum absolute atomic E-state index is 0.758. The van der Waals surface area contributed by atoms with Crippen molar-refractivity contribution in [1.82, 2.24) is 0 Å². The molecule has 0 heterocycles. The highest BCUT2D eigenvalue weighted by Gasteiger charge is 2.20. The van der Waals surface area contributed by atoms with E-state index in [1.807, 2.05) is 0 Å². The Hall–Kier alpha value is -0.243. The highest BCUT2D eigenvalue weighted by Crippen LogP contribution is 2.28. The lowest BCUT2D eigenvalue weighted by atomic mass is 9.93. The molecule has 0 aliphatic heterocycles. The van der Waals surface area contributed by atoms with E-state index in [9.17, 15) is 0 Å². The molecule has 94 valence electrons. The molecule has 16 heavy (non-hydrogen) atoms. The fourth-order valence-corrected chi connectivity index (χ4v) is 3.36. The Kier molecular flexibility index (Phi) is 5.10. The van der Waals surface area contributed by atoms with Gasteiger partial charge in [-0.05, 0) is 56.8 Å². The Morgan fingerprint density at radius 2 is 2.00 bits per heavy atom. The first-order chi connectivity index (χ1) is 7.37. The zero-order chi connectivity index (χ0) is 12.2. The molecule has 0 amide bonds. The number of allylic oxidation sites excluding steroid dienone is 2. The Labute approximate surface area is 102 Å². The summed E-state index contributed by atoms with van der Waals surface area (Å²) in [6, 6.07) is 0. The molecule has 0 bridgehead atoms. The van der Waals surface area contributed by atoms with Crippen molar-refractivity contribution in [2.24, 2.45) is 11.8 Å². The van der Waals surface area contributed by atoms with E-state index in [0.29, 0.717) is 0 Å². The number of hydrogen-bond acceptors (Lipinski definition) is 1. The van der Waals surface area contributed by atoms with Crippen LogP contribution in [0.2, 0.25) is 19.6 Å². The summed E-state index contributed by atoms with van der Waals surface area (Å²) in [6.45, 7) is 11.5. The van der Waals surface area contributed by atoms with Gasteiger partial charge in [-0.15, -0.1) is 0 Å². The standard InChI is InChI=1S/C14H28OSi/c1-12(2)10-13-8-6-7-9-14(11-13)15-16(3,4)5/h11-13H,6-10H2,1-5H3. The van der Waals surface area contributed by atoms with E-state index in [1.165, 1.54) is 37.9 Å². The predicted molar refractivity (Wildman–Crippen MR) is 73.9 cm³/mol. The van der Waals surface area contributed by atoms with Crippen molar-refractivity contribution in [2.75, 3.05) is 0 Å². The van der Waals surface area contributed by atoms with Crippen LogP contribution in [0.5, 0.6) is 0 Å². The highest BCUT2D eigenvalue weighted by molar-refractivity contribution is 6.70. The predicted octanol–water partition coefficient (Wildman–Crippen LogP) is 4.96. The molecule has 0 aromatic heterocycles. The summed E-state index contributed by atoms with van der Waals surface area (Å²) in [5, 5.41) is 0. The van der Waals surface area contributed by atoms with E-state index < -0.39 is 8.32 Å². The lowest BCUT2D eigenvalue weighted by Crippen LogP contribution is -2.25. The van der Waals surface area contributed by atoms with E-state index >= 15 is 0 Å². The first kappa shape index (κ1) is 13.8. The molecule has 1 aliphatic carbocycles. The van der Waals surface area contributed by atoms with E-state index in [4.69, 9.17) is 4.43 Å². The number of hydrogen-bond donors (Lipinski definition) is 0. The van der Waals surface area contributed by atoms with E-state index in [2.05, 4.69) is 39.6 Å². The van der Waals surface area contributed by atoms with Gasteiger partial charge in [-0.2, -0.15) is 0 Å². The first-order valence-corrected chi connectivity index (χ1v) is 10.2. The quantitative estimate of drug-likeness (QED) is 0.631. The number of rotatable bonds is 4. The lowest BCUT2D eigenvalue weighted by Gasteiger charge is -2.22. The molecule has 0 saturated heterocycles. The molecule has 1 nitrogen and oxygen atoms in total. The van der Waals surface area contributed by atoms with Gasteiger partial charge in [0, 0.05) is 6.42 Å². The maximum absolute atomic E-state index is 6.17. The molecule has 1 unspecified atom stereocenters. The molecule has 2 heteroatoms. The molecule has 1 rings (SSSR count). The zero-order valence-electron chi connectivity index (χ0n) is 11.7. The summed E-state index contributed by atoms with van der Waals surface area (Å²) >= 11 is 0. The summed E-state index contributed by atoms with van der Waals surface area (Å²) in [4.78, 5) is 0. The molecule has 0 aromatic rings. The summed E-state index contributed by atoms with van der Waals surface area (Å²) in [5.74, 6) is 2.85. The van der Waals surface area contributed by atoms with E-state index in [1.54, 1.807) is 0 Å². The van der Waals surface area contributed by atoms with Crippen LogP contribution in [0.4, 0.5) is 0 Å². The maximum atomic E-state index is 6.17. The fourth-order valence-electron chi connectivity index (χ4n) is 2.41. The van der Waals surface area contributed by atoms with Crippen molar-refractivity contribution >= 4 is 8.32 Å². The second-order valence-corrected chi connectivity index (χ2v) is 10.9. The normalized spacial score (nSPS) is 22.9. The third-order valence-electron chi connectivity index (χ3n) is 2.88. The van der Waals surface area contributed by atoms with Crippen LogP contribution in [-0.2, 0) is 4.43 Å². The van der Waals surface area contributed by atoms with Gasteiger partial charge in [0.1, 0.15) is 0 Å². The van der Waals surface area contributed by atoms with Crippen molar-refractivity contribution in [3.63, 3.8) is 0 Å². The zero-order valence-corrected chi connectivity index (χ0v) is 12.7. The SMILES string of the molecule is CC(C)CC1C=C(O[Si](C)(C)C)CCCC1.